The second-order valence-corrected chi connectivity index (χ2v) is 10.1. The van der Waals surface area contributed by atoms with Gasteiger partial charge in [0.05, 0.1) is 13.2 Å². The van der Waals surface area contributed by atoms with E-state index in [1.165, 1.54) is 5.56 Å². The van der Waals surface area contributed by atoms with Crippen molar-refractivity contribution in [2.24, 2.45) is 5.41 Å². The first-order valence-corrected chi connectivity index (χ1v) is 10.3. The molecule has 1 aromatic carbocycles. The van der Waals surface area contributed by atoms with Crippen molar-refractivity contribution < 1.29 is 14.3 Å². The maximum Gasteiger partial charge on any atom is 0.171 e. The molecule has 1 aromatic rings. The van der Waals surface area contributed by atoms with Gasteiger partial charge in [-0.05, 0) is 46.6 Å². The molecule has 0 N–H and O–H groups in total. The molecule has 1 unspecified atom stereocenters. The minimum atomic E-state index is -0.516. The Labute approximate surface area is 165 Å². The van der Waals surface area contributed by atoms with Gasteiger partial charge < -0.3 is 9.47 Å². The molecule has 2 heterocycles. The van der Waals surface area contributed by atoms with Crippen LogP contribution in [0.4, 0.5) is 0 Å². The molecule has 1 atom stereocenters. The minimum Gasteiger partial charge on any atom is -0.349 e. The van der Waals surface area contributed by atoms with Gasteiger partial charge in [-0.25, -0.2) is 0 Å². The number of hydrogen-bond donors (Lipinski definition) is 0. The van der Waals surface area contributed by atoms with E-state index in [0.29, 0.717) is 0 Å². The van der Waals surface area contributed by atoms with Crippen LogP contribution >= 0.6 is 0 Å². The largest absolute Gasteiger partial charge is 0.349 e. The summed E-state index contributed by atoms with van der Waals surface area (Å²) in [6, 6.07) is 10.4. The smallest absolute Gasteiger partial charge is 0.171 e. The molecule has 0 aliphatic carbocycles. The molecule has 2 aliphatic rings. The third kappa shape index (κ3) is 4.24. The fourth-order valence-electron chi connectivity index (χ4n) is 4.68. The average molecular weight is 376 g/mol. The van der Waals surface area contributed by atoms with Crippen molar-refractivity contribution in [1.82, 2.24) is 5.06 Å². The lowest BCUT2D eigenvalue weighted by atomic mass is 9.76. The summed E-state index contributed by atoms with van der Waals surface area (Å²) >= 11 is 0. The molecule has 2 fully saturated rings. The first-order valence-electron chi connectivity index (χ1n) is 10.3. The lowest BCUT2D eigenvalue weighted by molar-refractivity contribution is -0.389. The molecule has 4 heteroatoms. The van der Waals surface area contributed by atoms with Gasteiger partial charge in [-0.15, -0.1) is 0 Å². The molecule has 0 saturated carbocycles. The van der Waals surface area contributed by atoms with Gasteiger partial charge in [-0.3, -0.25) is 4.84 Å². The summed E-state index contributed by atoms with van der Waals surface area (Å²) in [5.74, 6) is -0.516. The second-order valence-electron chi connectivity index (χ2n) is 10.1. The van der Waals surface area contributed by atoms with Gasteiger partial charge in [-0.2, -0.15) is 5.06 Å². The van der Waals surface area contributed by atoms with E-state index < -0.39 is 5.79 Å². The number of hydrogen-bond acceptors (Lipinski definition) is 4. The van der Waals surface area contributed by atoms with Crippen LogP contribution in [-0.2, 0) is 14.3 Å². The van der Waals surface area contributed by atoms with Crippen LogP contribution < -0.4 is 0 Å². The van der Waals surface area contributed by atoms with E-state index in [9.17, 15) is 0 Å². The Morgan fingerprint density at radius 1 is 0.963 bits per heavy atom. The van der Waals surface area contributed by atoms with E-state index in [-0.39, 0.29) is 22.6 Å². The van der Waals surface area contributed by atoms with Gasteiger partial charge in [0.25, 0.3) is 0 Å². The number of rotatable bonds is 4. The van der Waals surface area contributed by atoms with Crippen molar-refractivity contribution in [3.63, 3.8) is 0 Å². The molecular weight excluding hydrogens is 338 g/mol. The summed E-state index contributed by atoms with van der Waals surface area (Å²) in [5.41, 5.74) is 0.901. The zero-order chi connectivity index (χ0) is 19.9. The lowest BCUT2D eigenvalue weighted by Gasteiger charge is -2.59. The first-order chi connectivity index (χ1) is 12.5. The van der Waals surface area contributed by atoms with Crippen molar-refractivity contribution in [1.29, 1.82) is 0 Å². The van der Waals surface area contributed by atoms with Crippen molar-refractivity contribution in [3.05, 3.63) is 35.9 Å². The van der Waals surface area contributed by atoms with E-state index in [0.717, 1.165) is 32.5 Å². The van der Waals surface area contributed by atoms with Crippen LogP contribution in [-0.4, -0.2) is 35.1 Å². The fourth-order valence-corrected chi connectivity index (χ4v) is 4.68. The van der Waals surface area contributed by atoms with Crippen LogP contribution in [0.15, 0.2) is 30.3 Å². The van der Waals surface area contributed by atoms with Crippen molar-refractivity contribution >= 4 is 0 Å². The molecule has 0 aromatic heterocycles. The molecule has 2 aliphatic heterocycles. The topological polar surface area (TPSA) is 30.9 Å². The molecule has 0 bridgehead atoms. The van der Waals surface area contributed by atoms with Crippen LogP contribution in [0.2, 0.25) is 0 Å². The van der Waals surface area contributed by atoms with Gasteiger partial charge in [-0.1, -0.05) is 44.2 Å². The average Bonchev–Trinajstić information content (AvgIpc) is 2.61. The highest BCUT2D eigenvalue weighted by molar-refractivity contribution is 5.17. The highest BCUT2D eigenvalue weighted by Crippen LogP contribution is 2.49. The zero-order valence-corrected chi connectivity index (χ0v) is 18.2. The number of hydroxylamine groups is 2. The van der Waals surface area contributed by atoms with Crippen LogP contribution in [0, 0.1) is 5.41 Å². The van der Waals surface area contributed by atoms with Gasteiger partial charge in [0.15, 0.2) is 5.79 Å². The Hall–Kier alpha value is -0.940. The highest BCUT2D eigenvalue weighted by Gasteiger charge is 2.57. The van der Waals surface area contributed by atoms with Crippen molar-refractivity contribution in [3.8, 4) is 0 Å². The second kappa shape index (κ2) is 7.14. The Kier molecular flexibility index (Phi) is 5.50. The molecule has 27 heavy (non-hydrogen) atoms. The Balaban J connectivity index is 1.77. The molecular formula is C23H37NO3. The Morgan fingerprint density at radius 2 is 1.48 bits per heavy atom. The van der Waals surface area contributed by atoms with Crippen molar-refractivity contribution in [2.75, 3.05) is 13.2 Å². The van der Waals surface area contributed by atoms with E-state index in [2.05, 4.69) is 77.8 Å². The summed E-state index contributed by atoms with van der Waals surface area (Å²) < 4.78 is 12.8. The van der Waals surface area contributed by atoms with E-state index in [4.69, 9.17) is 14.3 Å². The highest BCUT2D eigenvalue weighted by atomic mass is 16.7. The zero-order valence-electron chi connectivity index (χ0n) is 18.2. The fraction of sp³-hybridized carbons (Fsp3) is 0.739. The maximum atomic E-state index is 6.53. The molecule has 1 spiro atoms. The monoisotopic (exact) mass is 375 g/mol. The maximum absolute atomic E-state index is 6.53. The third-order valence-electron chi connectivity index (χ3n) is 6.26. The van der Waals surface area contributed by atoms with Crippen LogP contribution in [0.1, 0.15) is 79.4 Å². The standard InChI is InChI=1S/C23H37NO3/c1-8-22(7)16-25-23(26-17-22)14-20(3,4)24(21(5,6)15-23)27-18(2)19-12-10-9-11-13-19/h9-13,18H,8,14-17H2,1-7H3. The van der Waals surface area contributed by atoms with Gasteiger partial charge in [0.1, 0.15) is 6.10 Å². The summed E-state index contributed by atoms with van der Waals surface area (Å²) in [4.78, 5) is 6.53. The van der Waals surface area contributed by atoms with Gasteiger partial charge >= 0.3 is 0 Å². The number of nitrogens with zero attached hydrogens (tertiary/aromatic N) is 1. The first kappa shape index (κ1) is 20.8. The Bertz CT molecular complexity index is 612. The van der Waals surface area contributed by atoms with Crippen LogP contribution in [0.5, 0.6) is 0 Å². The third-order valence-corrected chi connectivity index (χ3v) is 6.26. The summed E-state index contributed by atoms with van der Waals surface area (Å²) in [6.07, 6.45) is 2.66. The molecule has 152 valence electrons. The van der Waals surface area contributed by atoms with E-state index >= 15 is 0 Å². The van der Waals surface area contributed by atoms with Crippen LogP contribution in [0.25, 0.3) is 0 Å². The number of piperidine rings is 1. The SMILES string of the molecule is CCC1(C)COC2(CC(C)(C)N(OC(C)c3ccccc3)C(C)(C)C2)OC1. The van der Waals surface area contributed by atoms with Gasteiger partial charge in [0.2, 0.25) is 0 Å². The number of ether oxygens (including phenoxy) is 2. The summed E-state index contributed by atoms with van der Waals surface area (Å²) in [6.45, 7) is 17.0. The number of benzene rings is 1. The predicted molar refractivity (Wildman–Crippen MR) is 108 cm³/mol. The van der Waals surface area contributed by atoms with Crippen molar-refractivity contribution in [2.45, 2.75) is 90.7 Å². The summed E-state index contributed by atoms with van der Waals surface area (Å²) in [5, 5.41) is 2.18. The Morgan fingerprint density at radius 3 is 1.96 bits per heavy atom. The van der Waals surface area contributed by atoms with Crippen LogP contribution in [0.3, 0.4) is 0 Å². The minimum absolute atomic E-state index is 0.00428. The van der Waals surface area contributed by atoms with E-state index in [1.807, 2.05) is 6.07 Å². The molecule has 4 nitrogen and oxygen atoms in total. The molecule has 2 saturated heterocycles. The lowest BCUT2D eigenvalue weighted by Crippen LogP contribution is -2.68. The van der Waals surface area contributed by atoms with Gasteiger partial charge in [0, 0.05) is 29.3 Å². The summed E-state index contributed by atoms with van der Waals surface area (Å²) in [7, 11) is 0. The molecule has 3 rings (SSSR count). The van der Waals surface area contributed by atoms with E-state index in [1.54, 1.807) is 0 Å². The normalized spacial score (nSPS) is 27.4. The molecule has 0 radical (unpaired) electrons. The predicted octanol–water partition coefficient (Wildman–Crippen LogP) is 5.49. The quantitative estimate of drug-likeness (QED) is 0.696. The molecule has 0 amide bonds.